The highest BCUT2D eigenvalue weighted by Crippen LogP contribution is 2.38. The number of benzene rings is 2. The summed E-state index contributed by atoms with van der Waals surface area (Å²) in [6.07, 6.45) is 0. The summed E-state index contributed by atoms with van der Waals surface area (Å²) in [6, 6.07) is 14.2. The topological polar surface area (TPSA) is 61.8 Å². The van der Waals surface area contributed by atoms with Crippen LogP contribution >= 0.6 is 11.8 Å². The van der Waals surface area contributed by atoms with E-state index < -0.39 is 11.2 Å². The van der Waals surface area contributed by atoms with E-state index in [1.54, 1.807) is 44.4 Å². The van der Waals surface area contributed by atoms with Crippen LogP contribution in [0.15, 0.2) is 53.4 Å². The number of carbonyl (C=O) groups excluding carboxylic acids is 2. The Morgan fingerprint density at radius 1 is 1.04 bits per heavy atom. The summed E-state index contributed by atoms with van der Waals surface area (Å²) >= 11 is 1.26. The molecule has 0 saturated carbocycles. The number of carbonyl (C=O) groups is 2. The zero-order chi connectivity index (χ0) is 18.2. The molecule has 0 fully saturated rings. The Balaban J connectivity index is 2.37. The molecule has 0 aromatic heterocycles. The average molecular weight is 360 g/mol. The predicted molar refractivity (Wildman–Crippen MR) is 96.0 cm³/mol. The van der Waals surface area contributed by atoms with E-state index in [-0.39, 0.29) is 12.6 Å². The molecule has 25 heavy (non-hydrogen) atoms. The van der Waals surface area contributed by atoms with E-state index >= 15 is 0 Å². The van der Waals surface area contributed by atoms with Crippen LogP contribution in [0, 0.1) is 0 Å². The van der Waals surface area contributed by atoms with Crippen LogP contribution in [-0.2, 0) is 14.3 Å². The molecule has 0 spiro atoms. The standard InChI is InChI=1S/C19H20O5S/c1-4-24-19(21)17(13-9-11-14(22-2)12-10-13)25-16-8-6-5-7-15(16)18(20)23-3/h5-12,17H,4H2,1-3H3. The molecule has 1 atom stereocenters. The van der Waals surface area contributed by atoms with Crippen molar-refractivity contribution in [1.82, 2.24) is 0 Å². The second kappa shape index (κ2) is 9.13. The minimum absolute atomic E-state index is 0.282. The van der Waals surface area contributed by atoms with Gasteiger partial charge in [0.25, 0.3) is 0 Å². The van der Waals surface area contributed by atoms with Gasteiger partial charge in [-0.2, -0.15) is 0 Å². The molecule has 0 N–H and O–H groups in total. The molecule has 0 saturated heterocycles. The Labute approximate surface area is 151 Å². The molecule has 132 valence electrons. The van der Waals surface area contributed by atoms with Crippen LogP contribution in [0.2, 0.25) is 0 Å². The van der Waals surface area contributed by atoms with Crippen molar-refractivity contribution in [3.05, 3.63) is 59.7 Å². The van der Waals surface area contributed by atoms with E-state index in [1.165, 1.54) is 18.9 Å². The molecule has 0 bridgehead atoms. The molecule has 0 amide bonds. The van der Waals surface area contributed by atoms with Crippen molar-refractivity contribution in [2.75, 3.05) is 20.8 Å². The van der Waals surface area contributed by atoms with Crippen molar-refractivity contribution in [3.63, 3.8) is 0 Å². The lowest BCUT2D eigenvalue weighted by Gasteiger charge is -2.17. The molecule has 0 aliphatic carbocycles. The van der Waals surface area contributed by atoms with Crippen molar-refractivity contribution < 1.29 is 23.8 Å². The van der Waals surface area contributed by atoms with E-state index in [1.807, 2.05) is 18.2 Å². The van der Waals surface area contributed by atoms with Gasteiger partial charge in [0.1, 0.15) is 11.0 Å². The fourth-order valence-corrected chi connectivity index (χ4v) is 3.37. The summed E-state index contributed by atoms with van der Waals surface area (Å²) in [4.78, 5) is 25.1. The third-order valence-electron chi connectivity index (χ3n) is 3.46. The van der Waals surface area contributed by atoms with E-state index in [9.17, 15) is 9.59 Å². The van der Waals surface area contributed by atoms with Crippen LogP contribution in [0.3, 0.4) is 0 Å². The fourth-order valence-electron chi connectivity index (χ4n) is 2.22. The van der Waals surface area contributed by atoms with Crippen LogP contribution in [-0.4, -0.2) is 32.8 Å². The number of hydrogen-bond acceptors (Lipinski definition) is 6. The van der Waals surface area contributed by atoms with Gasteiger partial charge >= 0.3 is 11.9 Å². The highest BCUT2D eigenvalue weighted by atomic mass is 32.2. The van der Waals surface area contributed by atoms with Crippen molar-refractivity contribution in [2.24, 2.45) is 0 Å². The molecule has 6 heteroatoms. The Bertz CT molecular complexity index is 727. The van der Waals surface area contributed by atoms with E-state index in [4.69, 9.17) is 14.2 Å². The largest absolute Gasteiger partial charge is 0.497 e. The van der Waals surface area contributed by atoms with Gasteiger partial charge < -0.3 is 14.2 Å². The average Bonchev–Trinajstić information content (AvgIpc) is 2.66. The van der Waals surface area contributed by atoms with E-state index in [2.05, 4.69) is 0 Å². The van der Waals surface area contributed by atoms with Gasteiger partial charge in [-0.3, -0.25) is 4.79 Å². The Morgan fingerprint density at radius 3 is 2.32 bits per heavy atom. The summed E-state index contributed by atoms with van der Waals surface area (Å²) in [6.45, 7) is 2.04. The normalized spacial score (nSPS) is 11.5. The lowest BCUT2D eigenvalue weighted by molar-refractivity contribution is -0.142. The maximum Gasteiger partial charge on any atom is 0.338 e. The van der Waals surface area contributed by atoms with Crippen LogP contribution in [0.25, 0.3) is 0 Å². The number of hydrogen-bond donors (Lipinski definition) is 0. The fraction of sp³-hybridized carbons (Fsp3) is 0.263. The second-order valence-corrected chi connectivity index (χ2v) is 6.16. The molecule has 2 aromatic carbocycles. The van der Waals surface area contributed by atoms with Crippen molar-refractivity contribution in [2.45, 2.75) is 17.1 Å². The highest BCUT2D eigenvalue weighted by molar-refractivity contribution is 8.00. The monoisotopic (exact) mass is 360 g/mol. The smallest absolute Gasteiger partial charge is 0.338 e. The number of ether oxygens (including phenoxy) is 3. The Hall–Kier alpha value is -2.47. The Kier molecular flexibility index (Phi) is 6.89. The van der Waals surface area contributed by atoms with E-state index in [0.29, 0.717) is 16.2 Å². The van der Waals surface area contributed by atoms with Crippen LogP contribution in [0.4, 0.5) is 0 Å². The summed E-state index contributed by atoms with van der Waals surface area (Å²) < 4.78 is 15.2. The zero-order valence-electron chi connectivity index (χ0n) is 14.4. The third kappa shape index (κ3) is 4.76. The zero-order valence-corrected chi connectivity index (χ0v) is 15.2. The first kappa shape index (κ1) is 18.9. The van der Waals surface area contributed by atoms with Crippen molar-refractivity contribution in [1.29, 1.82) is 0 Å². The minimum Gasteiger partial charge on any atom is -0.497 e. The first-order valence-corrected chi connectivity index (χ1v) is 8.63. The lowest BCUT2D eigenvalue weighted by atomic mass is 10.1. The number of methoxy groups -OCH3 is 2. The first-order valence-electron chi connectivity index (χ1n) is 7.75. The third-order valence-corrected chi connectivity index (χ3v) is 4.77. The molecule has 2 rings (SSSR count). The molecule has 1 unspecified atom stereocenters. The molecular formula is C19H20O5S. The molecule has 0 aliphatic rings. The number of rotatable bonds is 7. The van der Waals surface area contributed by atoms with Gasteiger partial charge in [-0.25, -0.2) is 4.79 Å². The maximum atomic E-state index is 12.5. The highest BCUT2D eigenvalue weighted by Gasteiger charge is 2.25. The predicted octanol–water partition coefficient (Wildman–Crippen LogP) is 3.88. The van der Waals surface area contributed by atoms with Gasteiger partial charge in [0.2, 0.25) is 0 Å². The summed E-state index contributed by atoms with van der Waals surface area (Å²) in [7, 11) is 2.91. The maximum absolute atomic E-state index is 12.5. The number of thioether (sulfide) groups is 1. The molecule has 5 nitrogen and oxygen atoms in total. The summed E-state index contributed by atoms with van der Waals surface area (Å²) in [5.41, 5.74) is 1.18. The second-order valence-electron chi connectivity index (χ2n) is 5.01. The lowest BCUT2D eigenvalue weighted by Crippen LogP contribution is -2.14. The van der Waals surface area contributed by atoms with Crippen molar-refractivity contribution in [3.8, 4) is 5.75 Å². The van der Waals surface area contributed by atoms with Gasteiger partial charge in [-0.05, 0) is 36.8 Å². The molecule has 0 heterocycles. The van der Waals surface area contributed by atoms with Crippen LogP contribution < -0.4 is 4.74 Å². The number of esters is 2. The van der Waals surface area contributed by atoms with Crippen LogP contribution in [0.5, 0.6) is 5.75 Å². The van der Waals surface area contributed by atoms with E-state index in [0.717, 1.165) is 5.56 Å². The Morgan fingerprint density at radius 2 is 1.72 bits per heavy atom. The molecule has 0 aliphatic heterocycles. The van der Waals surface area contributed by atoms with Crippen LogP contribution in [0.1, 0.15) is 28.1 Å². The van der Waals surface area contributed by atoms with Crippen molar-refractivity contribution >= 4 is 23.7 Å². The van der Waals surface area contributed by atoms with Gasteiger partial charge in [-0.15, -0.1) is 11.8 Å². The van der Waals surface area contributed by atoms with Gasteiger partial charge in [0.05, 0.1) is 26.4 Å². The molecule has 0 radical (unpaired) electrons. The minimum atomic E-state index is -0.600. The SMILES string of the molecule is CCOC(=O)C(Sc1ccccc1C(=O)OC)c1ccc(OC)cc1. The van der Waals surface area contributed by atoms with Gasteiger partial charge in [0.15, 0.2) is 0 Å². The first-order chi connectivity index (χ1) is 12.1. The molecular weight excluding hydrogens is 340 g/mol. The molecule has 2 aromatic rings. The summed E-state index contributed by atoms with van der Waals surface area (Å²) in [5, 5.41) is -0.600. The quantitative estimate of drug-likeness (QED) is 0.552. The summed E-state index contributed by atoms with van der Waals surface area (Å²) in [5.74, 6) is -0.107. The van der Waals surface area contributed by atoms with Gasteiger partial charge in [0, 0.05) is 4.90 Å². The van der Waals surface area contributed by atoms with Gasteiger partial charge in [-0.1, -0.05) is 24.3 Å².